The molecular weight excluding hydrogens is 186 g/mol. The smallest absolute Gasteiger partial charge is 0.196 e. The average molecular weight is 213 g/mol. The Balaban J connectivity index is 4.93. The van der Waals surface area contributed by atoms with Gasteiger partial charge in [0.05, 0.1) is 0 Å². The summed E-state index contributed by atoms with van der Waals surface area (Å²) >= 11 is 0. The van der Waals surface area contributed by atoms with Crippen LogP contribution in [0.25, 0.3) is 0 Å². The lowest BCUT2D eigenvalue weighted by Crippen LogP contribution is -2.52. The van der Waals surface area contributed by atoms with Crippen LogP contribution < -0.4 is 0 Å². The van der Waals surface area contributed by atoms with Crippen molar-refractivity contribution in [2.45, 2.75) is 47.1 Å². The van der Waals surface area contributed by atoms with E-state index < -0.39 is 0 Å². The summed E-state index contributed by atoms with van der Waals surface area (Å²) in [6, 6.07) is 0. The van der Waals surface area contributed by atoms with Gasteiger partial charge in [0, 0.05) is 32.2 Å². The van der Waals surface area contributed by atoms with Gasteiger partial charge in [0.25, 0.3) is 0 Å². The molecule has 0 rings (SSSR count). The summed E-state index contributed by atoms with van der Waals surface area (Å²) in [6.07, 6.45) is 0. The summed E-state index contributed by atoms with van der Waals surface area (Å²) in [6.45, 7) is 16.2. The molecule has 3 nitrogen and oxygen atoms in total. The van der Waals surface area contributed by atoms with E-state index in [1.165, 1.54) is 0 Å². The van der Waals surface area contributed by atoms with E-state index in [9.17, 15) is 0 Å². The van der Waals surface area contributed by atoms with Crippen LogP contribution >= 0.6 is 0 Å². The third-order valence-corrected chi connectivity index (χ3v) is 2.61. The molecule has 0 saturated heterocycles. The molecule has 0 amide bonds. The van der Waals surface area contributed by atoms with Gasteiger partial charge in [-0.15, -0.1) is 0 Å². The first-order valence-corrected chi connectivity index (χ1v) is 5.91. The van der Waals surface area contributed by atoms with Gasteiger partial charge in [0.15, 0.2) is 5.96 Å². The van der Waals surface area contributed by atoms with Crippen LogP contribution in [0.2, 0.25) is 0 Å². The first-order valence-electron chi connectivity index (χ1n) is 5.91. The molecule has 0 aromatic heterocycles. The van der Waals surface area contributed by atoms with Crippen LogP contribution in [0.3, 0.4) is 0 Å². The van der Waals surface area contributed by atoms with E-state index in [1.54, 1.807) is 0 Å². The Hall–Kier alpha value is -0.730. The lowest BCUT2D eigenvalue weighted by molar-refractivity contribution is 0.212. The Morgan fingerprint density at radius 1 is 1.00 bits per heavy atom. The van der Waals surface area contributed by atoms with E-state index in [2.05, 4.69) is 56.3 Å². The predicted octanol–water partition coefficient (Wildman–Crippen LogP) is 2.43. The Kier molecular flexibility index (Phi) is 5.69. The topological polar surface area (TPSA) is 18.8 Å². The molecule has 0 spiro atoms. The van der Waals surface area contributed by atoms with Crippen LogP contribution in [0.15, 0.2) is 4.99 Å². The zero-order chi connectivity index (χ0) is 12.1. The fourth-order valence-corrected chi connectivity index (χ4v) is 1.86. The molecule has 0 atom stereocenters. The van der Waals surface area contributed by atoms with Crippen molar-refractivity contribution in [1.82, 2.24) is 9.80 Å². The highest BCUT2D eigenvalue weighted by Crippen LogP contribution is 2.15. The van der Waals surface area contributed by atoms with E-state index in [4.69, 9.17) is 0 Å². The Labute approximate surface area is 95.2 Å². The minimum atomic E-state index is 0.131. The molecule has 90 valence electrons. The quantitative estimate of drug-likeness (QED) is 0.530. The molecule has 0 aromatic rings. The largest absolute Gasteiger partial charge is 0.343 e. The van der Waals surface area contributed by atoms with Crippen molar-refractivity contribution < 1.29 is 0 Å². The maximum atomic E-state index is 4.44. The zero-order valence-corrected chi connectivity index (χ0v) is 11.5. The summed E-state index contributed by atoms with van der Waals surface area (Å²) in [5, 5.41) is 0. The Morgan fingerprint density at radius 2 is 1.47 bits per heavy atom. The Morgan fingerprint density at radius 3 is 1.67 bits per heavy atom. The first kappa shape index (κ1) is 14.3. The van der Waals surface area contributed by atoms with E-state index in [0.717, 1.165) is 25.6 Å². The molecule has 0 bridgehead atoms. The number of guanidine groups is 1. The average Bonchev–Trinajstić information content (AvgIpc) is 2.16. The molecule has 0 aliphatic heterocycles. The zero-order valence-electron chi connectivity index (χ0n) is 11.5. The second kappa shape index (κ2) is 5.99. The monoisotopic (exact) mass is 213 g/mol. The lowest BCUT2D eigenvalue weighted by atomic mass is 10.1. The fraction of sp³-hybridized carbons (Fsp3) is 0.917. The molecule has 3 heteroatoms. The number of hydrogen-bond acceptors (Lipinski definition) is 1. The molecule has 0 radical (unpaired) electrons. The summed E-state index contributed by atoms with van der Waals surface area (Å²) in [5.41, 5.74) is 0.131. The van der Waals surface area contributed by atoms with Crippen LogP contribution in [0, 0.1) is 0 Å². The molecular formula is C12H27N3. The molecule has 0 fully saturated rings. The van der Waals surface area contributed by atoms with Crippen molar-refractivity contribution in [2.75, 3.05) is 26.7 Å². The molecule has 0 aromatic carbocycles. The van der Waals surface area contributed by atoms with Crippen molar-refractivity contribution in [1.29, 1.82) is 0 Å². The number of rotatable bonds is 3. The minimum Gasteiger partial charge on any atom is -0.343 e. The second-order valence-electron chi connectivity index (χ2n) is 4.61. The van der Waals surface area contributed by atoms with Crippen molar-refractivity contribution in [3.05, 3.63) is 0 Å². The molecule has 0 heterocycles. The first-order chi connectivity index (χ1) is 6.92. The minimum absolute atomic E-state index is 0.131. The molecule has 0 aliphatic carbocycles. The van der Waals surface area contributed by atoms with Gasteiger partial charge in [0.2, 0.25) is 0 Å². The molecule has 15 heavy (non-hydrogen) atoms. The lowest BCUT2D eigenvalue weighted by Gasteiger charge is -2.41. The van der Waals surface area contributed by atoms with Gasteiger partial charge in [-0.05, 0) is 41.5 Å². The summed E-state index contributed by atoms with van der Waals surface area (Å²) in [7, 11) is 1.88. The fourth-order valence-electron chi connectivity index (χ4n) is 1.86. The van der Waals surface area contributed by atoms with Crippen molar-refractivity contribution in [2.24, 2.45) is 4.99 Å². The van der Waals surface area contributed by atoms with Crippen molar-refractivity contribution >= 4 is 5.96 Å². The van der Waals surface area contributed by atoms with Gasteiger partial charge < -0.3 is 9.80 Å². The maximum Gasteiger partial charge on any atom is 0.196 e. The molecule has 0 aliphatic rings. The third-order valence-electron chi connectivity index (χ3n) is 2.61. The maximum absolute atomic E-state index is 4.44. The predicted molar refractivity (Wildman–Crippen MR) is 68.4 cm³/mol. The van der Waals surface area contributed by atoms with Gasteiger partial charge >= 0.3 is 0 Å². The SMILES string of the molecule is CCN(CC)/C(=N/C)N(CC)C(C)(C)C. The van der Waals surface area contributed by atoms with Gasteiger partial charge in [-0.3, -0.25) is 4.99 Å². The summed E-state index contributed by atoms with van der Waals surface area (Å²) < 4.78 is 0. The van der Waals surface area contributed by atoms with E-state index in [0.29, 0.717) is 0 Å². The van der Waals surface area contributed by atoms with Crippen LogP contribution in [-0.2, 0) is 0 Å². The van der Waals surface area contributed by atoms with Gasteiger partial charge in [0.1, 0.15) is 0 Å². The Bertz CT molecular complexity index is 199. The van der Waals surface area contributed by atoms with Crippen LogP contribution in [0.1, 0.15) is 41.5 Å². The standard InChI is InChI=1S/C12H27N3/c1-8-14(9-2)11(13-7)15(10-3)12(4,5)6/h8-10H2,1-7H3/b13-11-. The van der Waals surface area contributed by atoms with Crippen LogP contribution in [0.5, 0.6) is 0 Å². The van der Waals surface area contributed by atoms with Gasteiger partial charge in [-0.25, -0.2) is 0 Å². The highest BCUT2D eigenvalue weighted by Gasteiger charge is 2.25. The second-order valence-corrected chi connectivity index (χ2v) is 4.61. The number of aliphatic imine (C=N–C) groups is 1. The summed E-state index contributed by atoms with van der Waals surface area (Å²) in [4.78, 5) is 9.08. The highest BCUT2D eigenvalue weighted by atomic mass is 15.4. The molecule has 0 N–H and O–H groups in total. The van der Waals surface area contributed by atoms with E-state index >= 15 is 0 Å². The van der Waals surface area contributed by atoms with Gasteiger partial charge in [-0.2, -0.15) is 0 Å². The van der Waals surface area contributed by atoms with Crippen LogP contribution in [0.4, 0.5) is 0 Å². The summed E-state index contributed by atoms with van der Waals surface area (Å²) in [5.74, 6) is 1.11. The molecule has 0 saturated carbocycles. The van der Waals surface area contributed by atoms with E-state index in [1.807, 2.05) is 7.05 Å². The third kappa shape index (κ3) is 3.73. The number of hydrogen-bond donors (Lipinski definition) is 0. The van der Waals surface area contributed by atoms with Crippen LogP contribution in [-0.4, -0.2) is 48.0 Å². The van der Waals surface area contributed by atoms with Crippen molar-refractivity contribution in [3.8, 4) is 0 Å². The number of nitrogens with zero attached hydrogens (tertiary/aromatic N) is 3. The van der Waals surface area contributed by atoms with E-state index in [-0.39, 0.29) is 5.54 Å². The normalized spacial score (nSPS) is 12.9. The van der Waals surface area contributed by atoms with Crippen molar-refractivity contribution in [3.63, 3.8) is 0 Å². The van der Waals surface area contributed by atoms with Gasteiger partial charge in [-0.1, -0.05) is 0 Å². The molecule has 0 unspecified atom stereocenters. The highest BCUT2D eigenvalue weighted by molar-refractivity contribution is 5.80.